The number of rotatable bonds is 6. The number of aliphatic carboxylic acids is 1. The van der Waals surface area contributed by atoms with Gasteiger partial charge in [0.15, 0.2) is 0 Å². The molecule has 9 heteroatoms. The third kappa shape index (κ3) is 8.10. The molecule has 0 radical (unpaired) electrons. The number of hydrogen-bond donors (Lipinski definition) is 3. The van der Waals surface area contributed by atoms with Crippen molar-refractivity contribution in [1.82, 2.24) is 10.2 Å². The largest absolute Gasteiger partial charge is 0.508 e. The van der Waals surface area contributed by atoms with Gasteiger partial charge in [0.05, 0.1) is 0 Å². The van der Waals surface area contributed by atoms with Crippen LogP contribution in [-0.2, 0) is 17.6 Å². The Morgan fingerprint density at radius 2 is 1.81 bits per heavy atom. The normalized spacial score (nSPS) is 20.9. The number of ether oxygens (including phenoxy) is 1. The zero-order valence-corrected chi connectivity index (χ0v) is 21.6. The Balaban J connectivity index is 0.000000479. The molecule has 3 N–H and O–H groups in total. The van der Waals surface area contributed by atoms with Gasteiger partial charge in [-0.2, -0.15) is 13.2 Å². The summed E-state index contributed by atoms with van der Waals surface area (Å²) < 4.78 is 38.0. The standard InChI is InChI=1S/C26H36N2O2.C2HF3O2/c1-18(2)28-15-13-21-17-22(29)9-12-24(21)26(28)16-20-7-10-23(11-8-20)30-19(3)25-6-4-5-14-27-25;3-2(4,5)1(6)7/h7-12,17-19,25-27,29H,4-6,13-16H2,1-3H3;(H,6,7). The van der Waals surface area contributed by atoms with E-state index in [0.29, 0.717) is 23.9 Å². The summed E-state index contributed by atoms with van der Waals surface area (Å²) in [4.78, 5) is 11.5. The molecule has 1 saturated heterocycles. The lowest BCUT2D eigenvalue weighted by molar-refractivity contribution is -0.192. The van der Waals surface area contributed by atoms with Gasteiger partial charge in [0.25, 0.3) is 0 Å². The first kappa shape index (κ1) is 28.8. The molecule has 204 valence electrons. The van der Waals surface area contributed by atoms with E-state index < -0.39 is 12.1 Å². The summed E-state index contributed by atoms with van der Waals surface area (Å²) >= 11 is 0. The van der Waals surface area contributed by atoms with Gasteiger partial charge in [-0.3, -0.25) is 4.90 Å². The van der Waals surface area contributed by atoms with Crippen LogP contribution in [0.5, 0.6) is 11.5 Å². The lowest BCUT2D eigenvalue weighted by atomic mass is 9.87. The average Bonchev–Trinajstić information content (AvgIpc) is 2.85. The van der Waals surface area contributed by atoms with Gasteiger partial charge < -0.3 is 20.3 Å². The van der Waals surface area contributed by atoms with E-state index in [1.807, 2.05) is 12.1 Å². The number of nitrogens with one attached hydrogen (secondary N) is 1. The fraction of sp³-hybridized carbons (Fsp3) is 0.536. The zero-order valence-electron chi connectivity index (χ0n) is 21.6. The van der Waals surface area contributed by atoms with Crippen LogP contribution in [-0.4, -0.2) is 58.5 Å². The maximum absolute atomic E-state index is 10.6. The van der Waals surface area contributed by atoms with Crippen molar-refractivity contribution < 1.29 is 32.9 Å². The Morgan fingerprint density at radius 3 is 2.38 bits per heavy atom. The van der Waals surface area contributed by atoms with Crippen molar-refractivity contribution in [2.75, 3.05) is 13.1 Å². The highest BCUT2D eigenvalue weighted by atomic mass is 19.4. The van der Waals surface area contributed by atoms with Crippen molar-refractivity contribution in [2.45, 2.75) is 83.3 Å². The molecule has 3 atom stereocenters. The number of fused-ring (bicyclic) bond motifs is 1. The lowest BCUT2D eigenvalue weighted by Gasteiger charge is -2.40. The minimum Gasteiger partial charge on any atom is -0.508 e. The molecule has 1 fully saturated rings. The van der Waals surface area contributed by atoms with E-state index in [-0.39, 0.29) is 6.10 Å². The highest BCUT2D eigenvalue weighted by Gasteiger charge is 2.38. The first-order valence-corrected chi connectivity index (χ1v) is 12.8. The summed E-state index contributed by atoms with van der Waals surface area (Å²) in [5.74, 6) is -1.44. The number of carboxylic acids is 1. The molecule has 2 aromatic carbocycles. The molecular weight excluding hydrogens is 485 g/mol. The number of aromatic hydroxyl groups is 1. The van der Waals surface area contributed by atoms with Gasteiger partial charge in [-0.05, 0) is 94.0 Å². The maximum Gasteiger partial charge on any atom is 0.490 e. The van der Waals surface area contributed by atoms with Crippen LogP contribution in [0.25, 0.3) is 0 Å². The molecule has 0 spiro atoms. The van der Waals surface area contributed by atoms with E-state index >= 15 is 0 Å². The van der Waals surface area contributed by atoms with Gasteiger partial charge in [0.2, 0.25) is 0 Å². The Kier molecular flexibility index (Phi) is 9.84. The summed E-state index contributed by atoms with van der Waals surface area (Å²) in [6.45, 7) is 8.86. The molecule has 2 aromatic rings. The van der Waals surface area contributed by atoms with E-state index in [4.69, 9.17) is 14.6 Å². The van der Waals surface area contributed by atoms with Crippen LogP contribution in [0.1, 0.15) is 62.8 Å². The topological polar surface area (TPSA) is 82.0 Å². The van der Waals surface area contributed by atoms with Crippen LogP contribution < -0.4 is 10.1 Å². The summed E-state index contributed by atoms with van der Waals surface area (Å²) in [6, 6.07) is 15.8. The fourth-order valence-electron chi connectivity index (χ4n) is 5.07. The van der Waals surface area contributed by atoms with Gasteiger partial charge in [-0.25, -0.2) is 4.79 Å². The first-order chi connectivity index (χ1) is 17.5. The second-order valence-corrected chi connectivity index (χ2v) is 10.0. The van der Waals surface area contributed by atoms with Gasteiger partial charge in [0, 0.05) is 24.7 Å². The number of piperidine rings is 1. The maximum atomic E-state index is 10.6. The number of benzene rings is 2. The number of phenolic OH excluding ortho intramolecular Hbond substituents is 1. The predicted molar refractivity (Wildman–Crippen MR) is 136 cm³/mol. The van der Waals surface area contributed by atoms with Crippen molar-refractivity contribution in [3.8, 4) is 11.5 Å². The van der Waals surface area contributed by atoms with Crippen molar-refractivity contribution in [3.05, 3.63) is 59.2 Å². The van der Waals surface area contributed by atoms with E-state index in [1.165, 1.54) is 36.0 Å². The number of nitrogens with zero attached hydrogens (tertiary/aromatic N) is 1. The van der Waals surface area contributed by atoms with E-state index in [0.717, 1.165) is 31.7 Å². The predicted octanol–water partition coefficient (Wildman–Crippen LogP) is 5.49. The van der Waals surface area contributed by atoms with Crippen molar-refractivity contribution in [2.24, 2.45) is 0 Å². The fourth-order valence-corrected chi connectivity index (χ4v) is 5.07. The number of carbonyl (C=O) groups is 1. The monoisotopic (exact) mass is 522 g/mol. The molecule has 0 saturated carbocycles. The molecule has 2 heterocycles. The second-order valence-electron chi connectivity index (χ2n) is 10.0. The number of halogens is 3. The molecule has 0 amide bonds. The third-order valence-corrected chi connectivity index (χ3v) is 7.02. The smallest absolute Gasteiger partial charge is 0.490 e. The van der Waals surface area contributed by atoms with E-state index in [1.54, 1.807) is 0 Å². The van der Waals surface area contributed by atoms with E-state index in [9.17, 15) is 18.3 Å². The molecular formula is C28H37F3N2O4. The summed E-state index contributed by atoms with van der Waals surface area (Å²) in [5.41, 5.74) is 3.96. The lowest BCUT2D eigenvalue weighted by Crippen LogP contribution is -2.44. The first-order valence-electron chi connectivity index (χ1n) is 12.8. The quantitative estimate of drug-likeness (QED) is 0.466. The molecule has 3 unspecified atom stereocenters. The van der Waals surface area contributed by atoms with Crippen LogP contribution in [0.15, 0.2) is 42.5 Å². The molecule has 2 aliphatic heterocycles. The summed E-state index contributed by atoms with van der Waals surface area (Å²) in [5, 5.41) is 20.6. The minimum atomic E-state index is -5.08. The Bertz CT molecular complexity index is 1020. The van der Waals surface area contributed by atoms with Crippen LogP contribution in [0, 0.1) is 0 Å². The SMILES string of the molecule is CC(Oc1ccc(CC2c3ccc(O)cc3CCN2C(C)C)cc1)C1CCCCN1.O=C(O)C(F)(F)F. The van der Waals surface area contributed by atoms with Gasteiger partial charge >= 0.3 is 12.1 Å². The molecule has 6 nitrogen and oxygen atoms in total. The van der Waals surface area contributed by atoms with Gasteiger partial charge in [-0.1, -0.05) is 24.6 Å². The molecule has 37 heavy (non-hydrogen) atoms. The number of carboxylic acid groups (broad SMARTS) is 1. The highest BCUT2D eigenvalue weighted by molar-refractivity contribution is 5.73. The third-order valence-electron chi connectivity index (χ3n) is 7.02. The van der Waals surface area contributed by atoms with Crippen LogP contribution >= 0.6 is 0 Å². The zero-order chi connectivity index (χ0) is 27.2. The minimum absolute atomic E-state index is 0.186. The number of phenols is 1. The molecule has 2 aliphatic rings. The number of hydrogen-bond acceptors (Lipinski definition) is 5. The van der Waals surface area contributed by atoms with Crippen LogP contribution in [0.4, 0.5) is 13.2 Å². The van der Waals surface area contributed by atoms with Crippen molar-refractivity contribution >= 4 is 5.97 Å². The van der Waals surface area contributed by atoms with Crippen molar-refractivity contribution in [3.63, 3.8) is 0 Å². The molecule has 0 aliphatic carbocycles. The average molecular weight is 523 g/mol. The molecule has 0 aromatic heterocycles. The van der Waals surface area contributed by atoms with Gasteiger partial charge in [0.1, 0.15) is 17.6 Å². The highest BCUT2D eigenvalue weighted by Crippen LogP contribution is 2.35. The Morgan fingerprint density at radius 1 is 1.14 bits per heavy atom. The molecule has 4 rings (SSSR count). The second kappa shape index (κ2) is 12.6. The Labute approximate surface area is 216 Å². The summed E-state index contributed by atoms with van der Waals surface area (Å²) in [6.07, 6.45) is 0.826. The molecule has 0 bridgehead atoms. The Hall–Kier alpha value is -2.78. The summed E-state index contributed by atoms with van der Waals surface area (Å²) in [7, 11) is 0. The van der Waals surface area contributed by atoms with Crippen LogP contribution in [0.3, 0.4) is 0 Å². The van der Waals surface area contributed by atoms with Gasteiger partial charge in [-0.15, -0.1) is 0 Å². The van der Waals surface area contributed by atoms with Crippen molar-refractivity contribution in [1.29, 1.82) is 0 Å². The number of alkyl halides is 3. The van der Waals surface area contributed by atoms with Crippen LogP contribution in [0.2, 0.25) is 0 Å². The van der Waals surface area contributed by atoms with E-state index in [2.05, 4.69) is 61.3 Å².